The van der Waals surface area contributed by atoms with Gasteiger partial charge in [-0.25, -0.2) is 4.98 Å². The molecule has 0 fully saturated rings. The maximum atomic E-state index is 5.02. The van der Waals surface area contributed by atoms with Gasteiger partial charge < -0.3 is 4.74 Å². The van der Waals surface area contributed by atoms with E-state index in [-0.39, 0.29) is 0 Å². The molecule has 0 atom stereocenters. The number of thiophene rings is 1. The average Bonchev–Trinajstić information content (AvgIpc) is 2.79. The van der Waals surface area contributed by atoms with E-state index in [4.69, 9.17) is 4.74 Å². The zero-order valence-electron chi connectivity index (χ0n) is 7.90. The summed E-state index contributed by atoms with van der Waals surface area (Å²) >= 11 is 3.48. The number of hydrogen-bond acceptors (Lipinski definition) is 4. The van der Waals surface area contributed by atoms with Gasteiger partial charge in [-0.1, -0.05) is 6.07 Å². The van der Waals surface area contributed by atoms with Gasteiger partial charge >= 0.3 is 0 Å². The molecule has 2 aromatic rings. The second-order valence-electron chi connectivity index (χ2n) is 2.92. The van der Waals surface area contributed by atoms with Crippen LogP contribution in [0.15, 0.2) is 22.9 Å². The third-order valence-electron chi connectivity index (χ3n) is 1.80. The standard InChI is InChI=1S/C10H11NOS2/c1-12-6-8-7-14-10(11-8)5-9-3-2-4-13-9/h2-4,7H,5-6H2,1H3. The molecule has 2 heterocycles. The Morgan fingerprint density at radius 1 is 1.43 bits per heavy atom. The lowest BCUT2D eigenvalue weighted by Gasteiger charge is -1.92. The van der Waals surface area contributed by atoms with E-state index in [1.807, 2.05) is 0 Å². The Morgan fingerprint density at radius 2 is 2.36 bits per heavy atom. The molecular formula is C10H11NOS2. The second kappa shape index (κ2) is 4.68. The van der Waals surface area contributed by atoms with E-state index in [2.05, 4.69) is 27.9 Å². The molecule has 0 radical (unpaired) electrons. The normalized spacial score (nSPS) is 10.6. The van der Waals surface area contributed by atoms with Gasteiger partial charge in [0.15, 0.2) is 0 Å². The Kier molecular flexibility index (Phi) is 3.29. The topological polar surface area (TPSA) is 22.1 Å². The van der Waals surface area contributed by atoms with Crippen molar-refractivity contribution in [1.29, 1.82) is 0 Å². The number of thiazole rings is 1. The van der Waals surface area contributed by atoms with Gasteiger partial charge in [-0.3, -0.25) is 0 Å². The maximum absolute atomic E-state index is 5.02. The van der Waals surface area contributed by atoms with Crippen LogP contribution in [0.5, 0.6) is 0 Å². The smallest absolute Gasteiger partial charge is 0.0981 e. The lowest BCUT2D eigenvalue weighted by Crippen LogP contribution is -1.89. The molecular weight excluding hydrogens is 214 g/mol. The Morgan fingerprint density at radius 3 is 3.07 bits per heavy atom. The van der Waals surface area contributed by atoms with Gasteiger partial charge in [-0.2, -0.15) is 0 Å². The highest BCUT2D eigenvalue weighted by atomic mass is 32.1. The summed E-state index contributed by atoms with van der Waals surface area (Å²) in [5, 5.41) is 5.32. The molecule has 0 unspecified atom stereocenters. The van der Waals surface area contributed by atoms with Crippen molar-refractivity contribution >= 4 is 22.7 Å². The van der Waals surface area contributed by atoms with Crippen LogP contribution >= 0.6 is 22.7 Å². The van der Waals surface area contributed by atoms with Crippen LogP contribution in [0, 0.1) is 0 Å². The van der Waals surface area contributed by atoms with E-state index in [0.717, 1.165) is 12.1 Å². The molecule has 0 spiro atoms. The highest BCUT2D eigenvalue weighted by Crippen LogP contribution is 2.18. The molecule has 0 aliphatic heterocycles. The number of nitrogens with zero attached hydrogens (tertiary/aromatic N) is 1. The molecule has 2 aromatic heterocycles. The van der Waals surface area contributed by atoms with Crippen molar-refractivity contribution in [3.63, 3.8) is 0 Å². The molecule has 2 rings (SSSR count). The van der Waals surface area contributed by atoms with Crippen molar-refractivity contribution in [1.82, 2.24) is 4.98 Å². The van der Waals surface area contributed by atoms with Crippen molar-refractivity contribution in [3.8, 4) is 0 Å². The summed E-state index contributed by atoms with van der Waals surface area (Å²) in [5.74, 6) is 0. The molecule has 0 saturated heterocycles. The monoisotopic (exact) mass is 225 g/mol. The Hall–Kier alpha value is -0.710. The average molecular weight is 225 g/mol. The highest BCUT2D eigenvalue weighted by molar-refractivity contribution is 7.11. The molecule has 0 aliphatic carbocycles. The summed E-state index contributed by atoms with van der Waals surface area (Å²) in [4.78, 5) is 5.84. The lowest BCUT2D eigenvalue weighted by molar-refractivity contribution is 0.182. The summed E-state index contributed by atoms with van der Waals surface area (Å²) in [5.41, 5.74) is 1.03. The fourth-order valence-electron chi connectivity index (χ4n) is 1.21. The zero-order valence-corrected chi connectivity index (χ0v) is 9.53. The van der Waals surface area contributed by atoms with Gasteiger partial charge in [-0.15, -0.1) is 22.7 Å². The van der Waals surface area contributed by atoms with Crippen molar-refractivity contribution in [2.75, 3.05) is 7.11 Å². The molecule has 74 valence electrons. The first-order chi connectivity index (χ1) is 6.88. The SMILES string of the molecule is COCc1csc(Cc2cccs2)n1. The summed E-state index contributed by atoms with van der Waals surface area (Å²) in [6, 6.07) is 4.21. The molecule has 0 saturated carbocycles. The van der Waals surface area contributed by atoms with E-state index < -0.39 is 0 Å². The number of aromatic nitrogens is 1. The van der Waals surface area contributed by atoms with Crippen molar-refractivity contribution in [2.24, 2.45) is 0 Å². The second-order valence-corrected chi connectivity index (χ2v) is 4.90. The van der Waals surface area contributed by atoms with E-state index in [9.17, 15) is 0 Å². The highest BCUT2D eigenvalue weighted by Gasteiger charge is 2.03. The van der Waals surface area contributed by atoms with E-state index in [1.54, 1.807) is 29.8 Å². The van der Waals surface area contributed by atoms with Crippen LogP contribution in [0.2, 0.25) is 0 Å². The fraction of sp³-hybridized carbons (Fsp3) is 0.300. The van der Waals surface area contributed by atoms with Gasteiger partial charge in [0.05, 0.1) is 17.3 Å². The summed E-state index contributed by atoms with van der Waals surface area (Å²) in [6.07, 6.45) is 0.950. The molecule has 0 bridgehead atoms. The first-order valence-corrected chi connectivity index (χ1v) is 6.09. The summed E-state index contributed by atoms with van der Waals surface area (Å²) in [6.45, 7) is 0.612. The predicted molar refractivity (Wildman–Crippen MR) is 60.0 cm³/mol. The van der Waals surface area contributed by atoms with Crippen molar-refractivity contribution in [3.05, 3.63) is 38.5 Å². The Labute approximate surface area is 91.2 Å². The minimum absolute atomic E-state index is 0.612. The number of methoxy groups -OCH3 is 1. The van der Waals surface area contributed by atoms with E-state index in [1.165, 1.54) is 9.88 Å². The van der Waals surface area contributed by atoms with Crippen LogP contribution in [0.25, 0.3) is 0 Å². The predicted octanol–water partition coefficient (Wildman–Crippen LogP) is 2.94. The first kappa shape index (κ1) is 9.83. The third-order valence-corrected chi connectivity index (χ3v) is 3.57. The number of ether oxygens (including phenoxy) is 1. The minimum atomic E-state index is 0.612. The number of hydrogen-bond donors (Lipinski definition) is 0. The van der Waals surface area contributed by atoms with Crippen molar-refractivity contribution in [2.45, 2.75) is 13.0 Å². The van der Waals surface area contributed by atoms with E-state index >= 15 is 0 Å². The van der Waals surface area contributed by atoms with Gasteiger partial charge in [0.25, 0.3) is 0 Å². The van der Waals surface area contributed by atoms with Crippen LogP contribution in [-0.2, 0) is 17.8 Å². The number of rotatable bonds is 4. The van der Waals surface area contributed by atoms with Crippen LogP contribution in [-0.4, -0.2) is 12.1 Å². The van der Waals surface area contributed by atoms with Gasteiger partial charge in [0, 0.05) is 23.8 Å². The van der Waals surface area contributed by atoms with Crippen LogP contribution in [0.1, 0.15) is 15.6 Å². The quantitative estimate of drug-likeness (QED) is 0.798. The maximum Gasteiger partial charge on any atom is 0.0981 e. The zero-order chi connectivity index (χ0) is 9.80. The van der Waals surface area contributed by atoms with Gasteiger partial charge in [0.2, 0.25) is 0 Å². The molecule has 2 nitrogen and oxygen atoms in total. The summed E-state index contributed by atoms with van der Waals surface area (Å²) in [7, 11) is 1.69. The first-order valence-electron chi connectivity index (χ1n) is 4.33. The largest absolute Gasteiger partial charge is 0.378 e. The molecule has 0 aromatic carbocycles. The molecule has 0 aliphatic rings. The van der Waals surface area contributed by atoms with Crippen LogP contribution in [0.3, 0.4) is 0 Å². The Bertz CT molecular complexity index is 380. The molecule has 0 N–H and O–H groups in total. The van der Waals surface area contributed by atoms with Gasteiger partial charge in [-0.05, 0) is 11.4 Å². The fourth-order valence-corrected chi connectivity index (χ4v) is 2.81. The minimum Gasteiger partial charge on any atom is -0.378 e. The van der Waals surface area contributed by atoms with Crippen LogP contribution < -0.4 is 0 Å². The molecule has 14 heavy (non-hydrogen) atoms. The summed E-state index contributed by atoms with van der Waals surface area (Å²) < 4.78 is 5.02. The lowest BCUT2D eigenvalue weighted by atomic mass is 10.3. The van der Waals surface area contributed by atoms with Crippen molar-refractivity contribution < 1.29 is 4.74 Å². The van der Waals surface area contributed by atoms with Crippen LogP contribution in [0.4, 0.5) is 0 Å². The van der Waals surface area contributed by atoms with E-state index in [0.29, 0.717) is 6.61 Å². The Balaban J connectivity index is 2.03. The molecule has 0 amide bonds. The van der Waals surface area contributed by atoms with Gasteiger partial charge in [0.1, 0.15) is 0 Å². The third kappa shape index (κ3) is 2.41. The molecule has 4 heteroatoms.